The van der Waals surface area contributed by atoms with Gasteiger partial charge in [0.05, 0.1) is 6.04 Å². The number of ether oxygens (including phenoxy) is 1. The average molecular weight is 194 g/mol. The third kappa shape index (κ3) is 2.89. The van der Waals surface area contributed by atoms with Gasteiger partial charge in [-0.2, -0.15) is 0 Å². The van der Waals surface area contributed by atoms with Gasteiger partial charge in [0.15, 0.2) is 0 Å². The number of primary amides is 1. The lowest BCUT2D eigenvalue weighted by Gasteiger charge is -2.07. The van der Waals surface area contributed by atoms with E-state index in [-0.39, 0.29) is 19.4 Å². The third-order valence-corrected chi connectivity index (χ3v) is 1.88. The van der Waals surface area contributed by atoms with Crippen molar-refractivity contribution in [3.8, 4) is 0 Å². The Hall–Kier alpha value is -0.750. The zero-order chi connectivity index (χ0) is 10.1. The maximum Gasteiger partial charge on any atom is 0.276 e. The summed E-state index contributed by atoms with van der Waals surface area (Å²) in [6.07, 6.45) is -1.05. The SMILES string of the molecule is NC(=O)C(N)CCOC1CC1(F)F. The minimum Gasteiger partial charge on any atom is -0.372 e. The number of nitrogens with two attached hydrogens (primary N) is 2. The predicted octanol–water partition coefficient (Wildman–Crippen LogP) is -0.387. The van der Waals surface area contributed by atoms with E-state index in [9.17, 15) is 13.6 Å². The lowest BCUT2D eigenvalue weighted by molar-refractivity contribution is -0.119. The second-order valence-corrected chi connectivity index (χ2v) is 3.12. The first-order chi connectivity index (χ1) is 5.93. The molecule has 1 aliphatic rings. The molecule has 2 unspecified atom stereocenters. The van der Waals surface area contributed by atoms with Crippen molar-refractivity contribution in [1.82, 2.24) is 0 Å². The van der Waals surface area contributed by atoms with Gasteiger partial charge in [0, 0.05) is 13.0 Å². The van der Waals surface area contributed by atoms with Crippen molar-refractivity contribution in [1.29, 1.82) is 0 Å². The van der Waals surface area contributed by atoms with E-state index in [0.29, 0.717) is 0 Å². The van der Waals surface area contributed by atoms with Crippen molar-refractivity contribution in [2.75, 3.05) is 6.61 Å². The highest BCUT2D eigenvalue weighted by molar-refractivity contribution is 5.79. The van der Waals surface area contributed by atoms with Crippen LogP contribution in [0.25, 0.3) is 0 Å². The molecule has 0 saturated heterocycles. The van der Waals surface area contributed by atoms with Crippen molar-refractivity contribution < 1.29 is 18.3 Å². The normalized spacial score (nSPS) is 26.8. The number of hydrogen-bond acceptors (Lipinski definition) is 3. The van der Waals surface area contributed by atoms with Gasteiger partial charge in [-0.15, -0.1) is 0 Å². The van der Waals surface area contributed by atoms with Crippen molar-refractivity contribution in [3.05, 3.63) is 0 Å². The largest absolute Gasteiger partial charge is 0.372 e. The molecule has 0 aromatic rings. The number of amides is 1. The Morgan fingerprint density at radius 1 is 1.69 bits per heavy atom. The van der Waals surface area contributed by atoms with Crippen LogP contribution < -0.4 is 11.5 Å². The third-order valence-electron chi connectivity index (χ3n) is 1.88. The molecule has 1 fully saturated rings. The van der Waals surface area contributed by atoms with Gasteiger partial charge in [-0.05, 0) is 6.42 Å². The highest BCUT2D eigenvalue weighted by atomic mass is 19.3. The van der Waals surface area contributed by atoms with Gasteiger partial charge in [0.2, 0.25) is 5.91 Å². The Balaban J connectivity index is 2.06. The Kier molecular flexibility index (Phi) is 2.82. The molecule has 4 nitrogen and oxygen atoms in total. The van der Waals surface area contributed by atoms with Gasteiger partial charge in [-0.25, -0.2) is 8.78 Å². The van der Waals surface area contributed by atoms with Crippen LogP contribution in [0, 0.1) is 0 Å². The van der Waals surface area contributed by atoms with Gasteiger partial charge in [0.25, 0.3) is 5.92 Å². The predicted molar refractivity (Wildman–Crippen MR) is 41.1 cm³/mol. The molecule has 0 heterocycles. The summed E-state index contributed by atoms with van der Waals surface area (Å²) >= 11 is 0. The maximum absolute atomic E-state index is 12.2. The standard InChI is InChI=1S/C7H12F2N2O2/c8-7(9)3-5(7)13-2-1-4(10)6(11)12/h4-5H,1-3,10H2,(H2,11,12). The summed E-state index contributed by atoms with van der Waals surface area (Å²) in [5.41, 5.74) is 10.1. The van der Waals surface area contributed by atoms with E-state index in [1.807, 2.05) is 0 Å². The van der Waals surface area contributed by atoms with Crippen LogP contribution in [0.2, 0.25) is 0 Å². The molecule has 0 spiro atoms. The molecular weight excluding hydrogens is 182 g/mol. The zero-order valence-corrected chi connectivity index (χ0v) is 7.00. The molecule has 0 aliphatic heterocycles. The summed E-state index contributed by atoms with van der Waals surface area (Å²) < 4.78 is 29.2. The smallest absolute Gasteiger partial charge is 0.276 e. The van der Waals surface area contributed by atoms with E-state index in [0.717, 1.165) is 0 Å². The highest BCUT2D eigenvalue weighted by Gasteiger charge is 2.58. The summed E-state index contributed by atoms with van der Waals surface area (Å²) in [5, 5.41) is 0. The zero-order valence-electron chi connectivity index (χ0n) is 7.00. The van der Waals surface area contributed by atoms with Crippen molar-refractivity contribution in [2.45, 2.75) is 30.9 Å². The summed E-state index contributed by atoms with van der Waals surface area (Å²) in [5.74, 6) is -3.33. The summed E-state index contributed by atoms with van der Waals surface area (Å²) in [4.78, 5) is 10.4. The van der Waals surface area contributed by atoms with Crippen molar-refractivity contribution in [2.24, 2.45) is 11.5 Å². The Labute approximate surface area is 74.2 Å². The molecule has 76 valence electrons. The van der Waals surface area contributed by atoms with E-state index in [1.54, 1.807) is 0 Å². The monoisotopic (exact) mass is 194 g/mol. The Morgan fingerprint density at radius 2 is 2.23 bits per heavy atom. The first-order valence-corrected chi connectivity index (χ1v) is 3.98. The number of alkyl halides is 2. The summed E-state index contributed by atoms with van der Waals surface area (Å²) in [6, 6.07) is -0.813. The van der Waals surface area contributed by atoms with E-state index < -0.39 is 24.0 Å². The topological polar surface area (TPSA) is 78.3 Å². The molecule has 13 heavy (non-hydrogen) atoms. The minimum absolute atomic E-state index is 0.0460. The molecule has 2 atom stereocenters. The average Bonchev–Trinajstić information content (AvgIpc) is 2.58. The fraction of sp³-hybridized carbons (Fsp3) is 0.857. The molecule has 1 rings (SSSR count). The summed E-state index contributed by atoms with van der Waals surface area (Å²) in [6.45, 7) is 0.0460. The molecule has 4 N–H and O–H groups in total. The molecule has 1 aliphatic carbocycles. The first-order valence-electron chi connectivity index (χ1n) is 3.98. The van der Waals surface area contributed by atoms with Crippen LogP contribution in [0.3, 0.4) is 0 Å². The Morgan fingerprint density at radius 3 is 2.62 bits per heavy atom. The molecule has 0 radical (unpaired) electrons. The number of halogens is 2. The van der Waals surface area contributed by atoms with Gasteiger partial charge in [-0.1, -0.05) is 0 Å². The second-order valence-electron chi connectivity index (χ2n) is 3.12. The molecule has 1 amide bonds. The van der Waals surface area contributed by atoms with Crippen LogP contribution in [0.5, 0.6) is 0 Å². The number of carbonyl (C=O) groups is 1. The molecular formula is C7H12F2N2O2. The van der Waals surface area contributed by atoms with E-state index in [1.165, 1.54) is 0 Å². The lowest BCUT2D eigenvalue weighted by atomic mass is 10.2. The van der Waals surface area contributed by atoms with Crippen LogP contribution >= 0.6 is 0 Å². The Bertz CT molecular complexity index is 211. The van der Waals surface area contributed by atoms with Crippen molar-refractivity contribution >= 4 is 5.91 Å². The van der Waals surface area contributed by atoms with Crippen LogP contribution in [0.1, 0.15) is 12.8 Å². The van der Waals surface area contributed by atoms with E-state index in [4.69, 9.17) is 16.2 Å². The molecule has 0 bridgehead atoms. The van der Waals surface area contributed by atoms with Crippen LogP contribution in [-0.4, -0.2) is 30.6 Å². The number of carbonyl (C=O) groups excluding carboxylic acids is 1. The van der Waals surface area contributed by atoms with Gasteiger partial charge in [0.1, 0.15) is 6.10 Å². The minimum atomic E-state index is -2.68. The van der Waals surface area contributed by atoms with Gasteiger partial charge in [-0.3, -0.25) is 4.79 Å². The van der Waals surface area contributed by atoms with E-state index in [2.05, 4.69) is 0 Å². The molecule has 0 aromatic carbocycles. The number of rotatable bonds is 5. The maximum atomic E-state index is 12.2. The second kappa shape index (κ2) is 3.55. The van der Waals surface area contributed by atoms with Crippen LogP contribution in [0.4, 0.5) is 8.78 Å². The molecule has 6 heteroatoms. The molecule has 1 saturated carbocycles. The fourth-order valence-electron chi connectivity index (χ4n) is 0.849. The van der Waals surface area contributed by atoms with Crippen LogP contribution in [-0.2, 0) is 9.53 Å². The van der Waals surface area contributed by atoms with Crippen LogP contribution in [0.15, 0.2) is 0 Å². The van der Waals surface area contributed by atoms with Crippen molar-refractivity contribution in [3.63, 3.8) is 0 Å². The first kappa shape index (κ1) is 10.3. The van der Waals surface area contributed by atoms with Gasteiger partial charge >= 0.3 is 0 Å². The quantitative estimate of drug-likeness (QED) is 0.625. The lowest BCUT2D eigenvalue weighted by Crippen LogP contribution is -2.37. The number of hydrogen-bond donors (Lipinski definition) is 2. The van der Waals surface area contributed by atoms with Gasteiger partial charge < -0.3 is 16.2 Å². The summed E-state index contributed by atoms with van der Waals surface area (Å²) in [7, 11) is 0. The fourth-order valence-corrected chi connectivity index (χ4v) is 0.849. The van der Waals surface area contributed by atoms with E-state index >= 15 is 0 Å². The highest BCUT2D eigenvalue weighted by Crippen LogP contribution is 2.44. The molecule has 0 aromatic heterocycles.